The Balaban J connectivity index is 2.38. The molecule has 0 aromatic heterocycles. The van der Waals surface area contributed by atoms with Crippen LogP contribution in [0.1, 0.15) is 24.8 Å². The van der Waals surface area contributed by atoms with Crippen LogP contribution >= 0.6 is 15.9 Å². The van der Waals surface area contributed by atoms with Crippen LogP contribution in [0.5, 0.6) is 0 Å². The average Bonchev–Trinajstić information content (AvgIpc) is 2.23. The molecule has 2 rings (SSSR count). The van der Waals surface area contributed by atoms with E-state index in [4.69, 9.17) is 0 Å². The summed E-state index contributed by atoms with van der Waals surface area (Å²) in [6.07, 6.45) is 1.59. The molecular weight excluding hydrogens is 270 g/mol. The molecule has 1 aliphatic rings. The van der Waals surface area contributed by atoms with Crippen LogP contribution in [0.2, 0.25) is 0 Å². The molecule has 0 spiro atoms. The van der Waals surface area contributed by atoms with Crippen molar-refractivity contribution in [1.29, 1.82) is 0 Å². The standard InChI is InChI=1S/C12H12BrNO2/c1-8-7-9(5-6-10(8)13)14-11(15)3-2-4-12(14)16/h5-7H,2-4H2,1H3. The van der Waals surface area contributed by atoms with Gasteiger partial charge in [-0.15, -0.1) is 0 Å². The van der Waals surface area contributed by atoms with Crippen molar-refractivity contribution in [2.45, 2.75) is 26.2 Å². The molecule has 1 aliphatic heterocycles. The van der Waals surface area contributed by atoms with Crippen molar-refractivity contribution in [3.63, 3.8) is 0 Å². The van der Waals surface area contributed by atoms with E-state index >= 15 is 0 Å². The van der Waals surface area contributed by atoms with Crippen molar-refractivity contribution >= 4 is 33.4 Å². The maximum atomic E-state index is 11.7. The van der Waals surface area contributed by atoms with E-state index in [1.54, 1.807) is 6.07 Å². The summed E-state index contributed by atoms with van der Waals surface area (Å²) in [5.74, 6) is -0.198. The number of halogens is 1. The highest BCUT2D eigenvalue weighted by Gasteiger charge is 2.27. The van der Waals surface area contributed by atoms with Crippen molar-refractivity contribution in [3.8, 4) is 0 Å². The number of piperidine rings is 1. The largest absolute Gasteiger partial charge is 0.274 e. The van der Waals surface area contributed by atoms with Gasteiger partial charge >= 0.3 is 0 Å². The summed E-state index contributed by atoms with van der Waals surface area (Å²) in [5.41, 5.74) is 1.69. The zero-order valence-electron chi connectivity index (χ0n) is 9.00. The summed E-state index contributed by atoms with van der Waals surface area (Å²) in [6, 6.07) is 5.50. The topological polar surface area (TPSA) is 37.4 Å². The van der Waals surface area contributed by atoms with Gasteiger partial charge in [0.2, 0.25) is 11.8 Å². The second-order valence-electron chi connectivity index (χ2n) is 3.91. The Kier molecular flexibility index (Phi) is 3.10. The molecule has 4 heteroatoms. The Hall–Kier alpha value is -1.16. The summed E-state index contributed by atoms with van der Waals surface area (Å²) >= 11 is 3.40. The van der Waals surface area contributed by atoms with Crippen LogP contribution in [0.4, 0.5) is 5.69 Å². The Bertz CT molecular complexity index is 440. The first kappa shape index (κ1) is 11.3. The van der Waals surface area contributed by atoms with Gasteiger partial charge in [-0.05, 0) is 37.1 Å². The highest BCUT2D eigenvalue weighted by molar-refractivity contribution is 9.10. The summed E-state index contributed by atoms with van der Waals surface area (Å²) in [5, 5.41) is 0. The molecule has 1 aromatic rings. The molecule has 1 saturated heterocycles. The molecule has 0 radical (unpaired) electrons. The van der Waals surface area contributed by atoms with Crippen LogP contribution in [0.15, 0.2) is 22.7 Å². The monoisotopic (exact) mass is 281 g/mol. The molecule has 1 heterocycles. The lowest BCUT2D eigenvalue weighted by atomic mass is 10.1. The number of nitrogens with zero attached hydrogens (tertiary/aromatic N) is 1. The van der Waals surface area contributed by atoms with Gasteiger partial charge in [-0.25, -0.2) is 0 Å². The Labute approximate surface area is 103 Å². The van der Waals surface area contributed by atoms with Crippen molar-refractivity contribution in [3.05, 3.63) is 28.2 Å². The predicted octanol–water partition coefficient (Wildman–Crippen LogP) is 2.80. The molecule has 16 heavy (non-hydrogen) atoms. The quantitative estimate of drug-likeness (QED) is 0.743. The summed E-state index contributed by atoms with van der Waals surface area (Å²) in [6.45, 7) is 1.94. The maximum absolute atomic E-state index is 11.7. The van der Waals surface area contributed by atoms with Crippen molar-refractivity contribution < 1.29 is 9.59 Å². The molecule has 2 amide bonds. The fourth-order valence-electron chi connectivity index (χ4n) is 1.81. The van der Waals surface area contributed by atoms with Gasteiger partial charge in [0.25, 0.3) is 0 Å². The first-order valence-corrected chi connectivity index (χ1v) is 6.01. The molecule has 1 aromatic carbocycles. The van der Waals surface area contributed by atoms with E-state index in [0.29, 0.717) is 24.9 Å². The lowest BCUT2D eigenvalue weighted by molar-refractivity contribution is -0.129. The Morgan fingerprint density at radius 2 is 1.81 bits per heavy atom. The molecule has 0 atom stereocenters. The number of hydrogen-bond acceptors (Lipinski definition) is 2. The zero-order valence-corrected chi connectivity index (χ0v) is 10.6. The molecule has 0 bridgehead atoms. The molecule has 0 N–H and O–H groups in total. The van der Waals surface area contributed by atoms with E-state index in [-0.39, 0.29) is 11.8 Å². The van der Waals surface area contributed by atoms with Crippen molar-refractivity contribution in [2.24, 2.45) is 0 Å². The minimum atomic E-state index is -0.0991. The highest BCUT2D eigenvalue weighted by Crippen LogP contribution is 2.26. The number of anilines is 1. The van der Waals surface area contributed by atoms with Gasteiger partial charge < -0.3 is 0 Å². The minimum Gasteiger partial charge on any atom is -0.274 e. The lowest BCUT2D eigenvalue weighted by Crippen LogP contribution is -2.40. The molecule has 0 unspecified atom stereocenters. The fraction of sp³-hybridized carbons (Fsp3) is 0.333. The van der Waals surface area contributed by atoms with E-state index in [1.165, 1.54) is 4.90 Å². The van der Waals surface area contributed by atoms with Gasteiger partial charge in [0.15, 0.2) is 0 Å². The van der Waals surface area contributed by atoms with Crippen LogP contribution in [-0.4, -0.2) is 11.8 Å². The third-order valence-electron chi connectivity index (χ3n) is 2.68. The molecule has 0 aliphatic carbocycles. The van der Waals surface area contributed by atoms with Gasteiger partial charge in [0.05, 0.1) is 5.69 Å². The SMILES string of the molecule is Cc1cc(N2C(=O)CCCC2=O)ccc1Br. The number of imide groups is 1. The van der Waals surface area contributed by atoms with Gasteiger partial charge in [-0.3, -0.25) is 14.5 Å². The maximum Gasteiger partial charge on any atom is 0.233 e. The van der Waals surface area contributed by atoms with Crippen LogP contribution in [-0.2, 0) is 9.59 Å². The van der Waals surface area contributed by atoms with E-state index in [0.717, 1.165) is 10.0 Å². The van der Waals surface area contributed by atoms with Crippen molar-refractivity contribution in [2.75, 3.05) is 4.90 Å². The van der Waals surface area contributed by atoms with E-state index in [2.05, 4.69) is 15.9 Å². The zero-order chi connectivity index (χ0) is 11.7. The van der Waals surface area contributed by atoms with Crippen molar-refractivity contribution in [1.82, 2.24) is 0 Å². The third kappa shape index (κ3) is 2.02. The van der Waals surface area contributed by atoms with E-state index < -0.39 is 0 Å². The number of aryl methyl sites for hydroxylation is 1. The third-order valence-corrected chi connectivity index (χ3v) is 3.57. The number of hydrogen-bond donors (Lipinski definition) is 0. The molecule has 3 nitrogen and oxygen atoms in total. The number of carbonyl (C=O) groups excluding carboxylic acids is 2. The summed E-state index contributed by atoms with van der Waals surface area (Å²) in [4.78, 5) is 24.7. The van der Waals surface area contributed by atoms with Gasteiger partial charge in [0, 0.05) is 17.3 Å². The summed E-state index contributed by atoms with van der Waals surface area (Å²) < 4.78 is 0.980. The smallest absolute Gasteiger partial charge is 0.233 e. The van der Waals surface area contributed by atoms with Gasteiger partial charge in [0.1, 0.15) is 0 Å². The van der Waals surface area contributed by atoms with Crippen LogP contribution in [0.25, 0.3) is 0 Å². The predicted molar refractivity (Wildman–Crippen MR) is 65.2 cm³/mol. The normalized spacial score (nSPS) is 16.8. The van der Waals surface area contributed by atoms with E-state index in [9.17, 15) is 9.59 Å². The molecule has 84 valence electrons. The Morgan fingerprint density at radius 3 is 2.38 bits per heavy atom. The fourth-order valence-corrected chi connectivity index (χ4v) is 2.06. The number of carbonyl (C=O) groups is 2. The Morgan fingerprint density at radius 1 is 1.19 bits per heavy atom. The second kappa shape index (κ2) is 4.37. The van der Waals surface area contributed by atoms with Crippen LogP contribution in [0.3, 0.4) is 0 Å². The molecule has 1 fully saturated rings. The lowest BCUT2D eigenvalue weighted by Gasteiger charge is -2.25. The van der Waals surface area contributed by atoms with Gasteiger partial charge in [-0.1, -0.05) is 15.9 Å². The average molecular weight is 282 g/mol. The first-order chi connectivity index (χ1) is 7.59. The minimum absolute atomic E-state index is 0.0991. The molecular formula is C12H12BrNO2. The van der Waals surface area contributed by atoms with Crippen LogP contribution < -0.4 is 4.90 Å². The first-order valence-electron chi connectivity index (χ1n) is 5.21. The van der Waals surface area contributed by atoms with Gasteiger partial charge in [-0.2, -0.15) is 0 Å². The summed E-state index contributed by atoms with van der Waals surface area (Å²) in [7, 11) is 0. The number of rotatable bonds is 1. The van der Waals surface area contributed by atoms with E-state index in [1.807, 2.05) is 19.1 Å². The van der Waals surface area contributed by atoms with Crippen LogP contribution in [0, 0.1) is 6.92 Å². The number of amides is 2. The molecule has 0 saturated carbocycles. The second-order valence-corrected chi connectivity index (χ2v) is 4.76. The highest BCUT2D eigenvalue weighted by atomic mass is 79.9. The number of benzene rings is 1.